The molecule has 1 amide bonds. The summed E-state index contributed by atoms with van der Waals surface area (Å²) >= 11 is 0. The molecule has 0 bridgehead atoms. The molecular weight excluding hydrogens is 348 g/mol. The molecule has 1 heterocycles. The largest absolute Gasteiger partial charge is 0.507 e. The lowest BCUT2D eigenvalue weighted by Crippen LogP contribution is -2.34. The summed E-state index contributed by atoms with van der Waals surface area (Å²) in [6, 6.07) is 12.9. The first kappa shape index (κ1) is 19.0. The number of methoxy groups -OCH3 is 1. The maximum Gasteiger partial charge on any atom is 0.271 e. The molecule has 1 fully saturated rings. The number of nitrogens with one attached hydrogen (secondary N) is 3. The summed E-state index contributed by atoms with van der Waals surface area (Å²) in [5, 5.41) is 10.5. The average molecular weight is 372 g/mol. The molecule has 2 aromatic rings. The zero-order valence-electron chi connectivity index (χ0n) is 15.2. The van der Waals surface area contributed by atoms with Crippen LogP contribution in [0.25, 0.3) is 0 Å². The van der Waals surface area contributed by atoms with Crippen LogP contribution < -0.4 is 31.6 Å². The normalized spacial score (nSPS) is 21.7. The SMILES string of the molecule is COc1ccc(C2C(C)NNC2c2ccc(OCC(=O)NN)cc2O)cc1. The molecule has 0 aliphatic carbocycles. The van der Waals surface area contributed by atoms with E-state index in [1.165, 1.54) is 6.07 Å². The Kier molecular flexibility index (Phi) is 5.80. The fraction of sp³-hybridized carbons (Fsp3) is 0.316. The van der Waals surface area contributed by atoms with Gasteiger partial charge in [-0.3, -0.25) is 15.6 Å². The van der Waals surface area contributed by atoms with Gasteiger partial charge in [-0.2, -0.15) is 0 Å². The van der Waals surface area contributed by atoms with Crippen LogP contribution in [0.15, 0.2) is 42.5 Å². The number of ether oxygens (including phenoxy) is 2. The third-order valence-corrected chi connectivity index (χ3v) is 4.73. The van der Waals surface area contributed by atoms with E-state index in [-0.39, 0.29) is 30.4 Å². The molecule has 0 radical (unpaired) electrons. The Balaban J connectivity index is 1.82. The number of carbonyl (C=O) groups excluding carboxylic acids is 1. The average Bonchev–Trinajstić information content (AvgIpc) is 3.07. The lowest BCUT2D eigenvalue weighted by molar-refractivity contribution is -0.123. The van der Waals surface area contributed by atoms with Crippen LogP contribution in [-0.4, -0.2) is 30.8 Å². The number of nitrogens with two attached hydrogens (primary N) is 1. The molecule has 144 valence electrons. The number of phenols is 1. The Morgan fingerprint density at radius 2 is 1.89 bits per heavy atom. The van der Waals surface area contributed by atoms with Crippen LogP contribution in [0, 0.1) is 0 Å². The molecule has 6 N–H and O–H groups in total. The molecule has 0 spiro atoms. The van der Waals surface area contributed by atoms with E-state index in [1.807, 2.05) is 29.7 Å². The molecule has 0 saturated carbocycles. The molecule has 8 nitrogen and oxygen atoms in total. The van der Waals surface area contributed by atoms with E-state index in [4.69, 9.17) is 15.3 Å². The van der Waals surface area contributed by atoms with Gasteiger partial charge in [0.1, 0.15) is 17.2 Å². The Morgan fingerprint density at radius 1 is 1.19 bits per heavy atom. The van der Waals surface area contributed by atoms with E-state index >= 15 is 0 Å². The lowest BCUT2D eigenvalue weighted by atomic mass is 9.84. The predicted octanol–water partition coefficient (Wildman–Crippen LogP) is 1.09. The second-order valence-corrected chi connectivity index (χ2v) is 6.43. The summed E-state index contributed by atoms with van der Waals surface area (Å²) in [6.45, 7) is 1.87. The van der Waals surface area contributed by atoms with Gasteiger partial charge in [0, 0.05) is 23.6 Å². The van der Waals surface area contributed by atoms with Gasteiger partial charge in [0.25, 0.3) is 5.91 Å². The number of carbonyl (C=O) groups is 1. The number of hydrogen-bond donors (Lipinski definition) is 5. The molecule has 2 aromatic carbocycles. The Labute approximate surface area is 157 Å². The first-order chi connectivity index (χ1) is 13.0. The van der Waals surface area contributed by atoms with E-state index in [0.717, 1.165) is 16.9 Å². The number of hydrazine groups is 2. The maximum atomic E-state index is 11.2. The number of benzene rings is 2. The smallest absolute Gasteiger partial charge is 0.271 e. The van der Waals surface area contributed by atoms with Crippen LogP contribution in [-0.2, 0) is 4.79 Å². The number of aromatic hydroxyl groups is 1. The highest BCUT2D eigenvalue weighted by Crippen LogP contribution is 2.41. The molecule has 8 heteroatoms. The first-order valence-electron chi connectivity index (χ1n) is 8.63. The summed E-state index contributed by atoms with van der Waals surface area (Å²) in [5.41, 5.74) is 10.4. The summed E-state index contributed by atoms with van der Waals surface area (Å²) < 4.78 is 10.5. The van der Waals surface area contributed by atoms with Crippen LogP contribution >= 0.6 is 0 Å². The second-order valence-electron chi connectivity index (χ2n) is 6.43. The first-order valence-corrected chi connectivity index (χ1v) is 8.63. The van der Waals surface area contributed by atoms with Crippen molar-refractivity contribution >= 4 is 5.91 Å². The van der Waals surface area contributed by atoms with Crippen LogP contribution in [0.2, 0.25) is 0 Å². The zero-order chi connectivity index (χ0) is 19.4. The highest BCUT2D eigenvalue weighted by Gasteiger charge is 2.36. The fourth-order valence-corrected chi connectivity index (χ4v) is 3.33. The van der Waals surface area contributed by atoms with Crippen molar-refractivity contribution in [3.8, 4) is 17.2 Å². The van der Waals surface area contributed by atoms with Gasteiger partial charge in [0.15, 0.2) is 6.61 Å². The monoisotopic (exact) mass is 372 g/mol. The quantitative estimate of drug-likeness (QED) is 0.293. The van der Waals surface area contributed by atoms with Crippen LogP contribution in [0.5, 0.6) is 17.2 Å². The highest BCUT2D eigenvalue weighted by atomic mass is 16.5. The van der Waals surface area contributed by atoms with Crippen LogP contribution in [0.4, 0.5) is 0 Å². The van der Waals surface area contributed by atoms with Gasteiger partial charge in [-0.1, -0.05) is 18.2 Å². The van der Waals surface area contributed by atoms with Crippen molar-refractivity contribution in [3.63, 3.8) is 0 Å². The van der Waals surface area contributed by atoms with Gasteiger partial charge in [0.05, 0.1) is 13.2 Å². The van der Waals surface area contributed by atoms with Crippen molar-refractivity contribution in [3.05, 3.63) is 53.6 Å². The Morgan fingerprint density at radius 3 is 2.52 bits per heavy atom. The van der Waals surface area contributed by atoms with Gasteiger partial charge in [-0.25, -0.2) is 11.3 Å². The Hall–Kier alpha value is -2.81. The molecular formula is C19H24N4O4. The van der Waals surface area contributed by atoms with Gasteiger partial charge in [0.2, 0.25) is 0 Å². The van der Waals surface area contributed by atoms with Crippen molar-refractivity contribution in [1.29, 1.82) is 0 Å². The summed E-state index contributed by atoms with van der Waals surface area (Å²) in [6.07, 6.45) is 0. The van der Waals surface area contributed by atoms with Crippen molar-refractivity contribution < 1.29 is 19.4 Å². The van der Waals surface area contributed by atoms with E-state index < -0.39 is 5.91 Å². The summed E-state index contributed by atoms with van der Waals surface area (Å²) in [7, 11) is 1.64. The minimum atomic E-state index is -0.450. The van der Waals surface area contributed by atoms with Gasteiger partial charge < -0.3 is 14.6 Å². The van der Waals surface area contributed by atoms with Crippen molar-refractivity contribution in [1.82, 2.24) is 16.3 Å². The topological polar surface area (TPSA) is 118 Å². The van der Waals surface area contributed by atoms with E-state index in [0.29, 0.717) is 5.75 Å². The third-order valence-electron chi connectivity index (χ3n) is 4.73. The molecule has 3 unspecified atom stereocenters. The fourth-order valence-electron chi connectivity index (χ4n) is 3.33. The van der Waals surface area contributed by atoms with E-state index in [9.17, 15) is 9.90 Å². The zero-order valence-corrected chi connectivity index (χ0v) is 15.2. The second kappa shape index (κ2) is 8.26. The number of amides is 1. The van der Waals surface area contributed by atoms with Crippen molar-refractivity contribution in [2.24, 2.45) is 5.84 Å². The summed E-state index contributed by atoms with van der Waals surface area (Å²) in [4.78, 5) is 11.2. The highest BCUT2D eigenvalue weighted by molar-refractivity contribution is 5.76. The van der Waals surface area contributed by atoms with Gasteiger partial charge >= 0.3 is 0 Å². The third kappa shape index (κ3) is 4.13. The number of rotatable bonds is 6. The lowest BCUT2D eigenvalue weighted by Gasteiger charge is -2.23. The molecule has 3 rings (SSSR count). The Bertz CT molecular complexity index is 797. The molecule has 1 aliphatic heterocycles. The van der Waals surface area contributed by atoms with Crippen LogP contribution in [0.3, 0.4) is 0 Å². The molecule has 3 atom stereocenters. The minimum absolute atomic E-state index is 0.0903. The standard InChI is InChI=1S/C19H24N4O4/c1-11-18(12-3-5-13(26-2)6-4-12)19(23-22-11)15-8-7-14(9-16(15)24)27-10-17(25)21-20/h3-9,11,18-19,22-24H,10,20H2,1-2H3,(H,21,25). The molecule has 0 aromatic heterocycles. The van der Waals surface area contributed by atoms with E-state index in [2.05, 4.69) is 17.8 Å². The molecule has 27 heavy (non-hydrogen) atoms. The van der Waals surface area contributed by atoms with Gasteiger partial charge in [-0.15, -0.1) is 0 Å². The number of hydrogen-bond acceptors (Lipinski definition) is 7. The number of phenolic OH excluding ortho intramolecular Hbond substituents is 1. The van der Waals surface area contributed by atoms with E-state index in [1.54, 1.807) is 19.2 Å². The maximum absolute atomic E-state index is 11.2. The van der Waals surface area contributed by atoms with Crippen molar-refractivity contribution in [2.75, 3.05) is 13.7 Å². The molecule has 1 aliphatic rings. The minimum Gasteiger partial charge on any atom is -0.507 e. The predicted molar refractivity (Wildman–Crippen MR) is 100 cm³/mol. The van der Waals surface area contributed by atoms with Crippen molar-refractivity contribution in [2.45, 2.75) is 24.9 Å². The summed E-state index contributed by atoms with van der Waals surface area (Å²) in [5.74, 6) is 5.96. The van der Waals surface area contributed by atoms with Gasteiger partial charge in [-0.05, 0) is 30.7 Å². The van der Waals surface area contributed by atoms with Crippen LogP contribution in [0.1, 0.15) is 30.0 Å². The molecule has 1 saturated heterocycles.